The molecular formula is C20H26Cl2N2O2. The average molecular weight is 397 g/mol. The molecule has 0 aromatic heterocycles. The van der Waals surface area contributed by atoms with Gasteiger partial charge in [-0.15, -0.1) is 0 Å². The minimum absolute atomic E-state index is 0.0486. The zero-order chi connectivity index (χ0) is 19.3. The molecule has 2 rings (SSSR count). The summed E-state index contributed by atoms with van der Waals surface area (Å²) in [6.45, 7) is 4.05. The molecule has 0 unspecified atom stereocenters. The fourth-order valence-corrected chi connectivity index (χ4v) is 3.44. The van der Waals surface area contributed by atoms with E-state index in [9.17, 15) is 5.11 Å². The first-order valence-electron chi connectivity index (χ1n) is 8.52. The highest BCUT2D eigenvalue weighted by Gasteiger charge is 2.17. The van der Waals surface area contributed by atoms with Crippen molar-refractivity contribution in [2.75, 3.05) is 44.2 Å². The molecule has 0 fully saturated rings. The van der Waals surface area contributed by atoms with Gasteiger partial charge in [-0.25, -0.2) is 0 Å². The van der Waals surface area contributed by atoms with E-state index in [2.05, 4.69) is 34.9 Å². The number of anilines is 2. The maximum atomic E-state index is 10.5. The number of halogens is 2. The highest BCUT2D eigenvalue weighted by Crippen LogP contribution is 2.38. The molecule has 0 aliphatic heterocycles. The SMILES string of the molecule is COCCCN(Cc1cc(C)ccc1N(C)C)c1cc(Cl)cc(Cl)c1O. The third-order valence-corrected chi connectivity index (χ3v) is 4.71. The third kappa shape index (κ3) is 5.19. The first-order chi connectivity index (χ1) is 12.3. The first kappa shape index (κ1) is 20.7. The standard InChI is InChI=1S/C20H26Cl2N2O2/c1-14-6-7-18(23(2)3)15(10-14)13-24(8-5-9-26-4)19-12-16(21)11-17(22)20(19)25/h6-7,10-12,25H,5,8-9,13H2,1-4H3. The van der Waals surface area contributed by atoms with Gasteiger partial charge >= 0.3 is 0 Å². The maximum absolute atomic E-state index is 10.5. The van der Waals surface area contributed by atoms with E-state index < -0.39 is 0 Å². The Morgan fingerprint density at radius 2 is 1.81 bits per heavy atom. The minimum Gasteiger partial charge on any atom is -0.504 e. The van der Waals surface area contributed by atoms with E-state index in [0.717, 1.165) is 12.1 Å². The van der Waals surface area contributed by atoms with Crippen LogP contribution in [0.25, 0.3) is 0 Å². The van der Waals surface area contributed by atoms with E-state index in [0.29, 0.717) is 30.4 Å². The Morgan fingerprint density at radius 1 is 1.08 bits per heavy atom. The van der Waals surface area contributed by atoms with Gasteiger partial charge in [-0.1, -0.05) is 40.9 Å². The summed E-state index contributed by atoms with van der Waals surface area (Å²) in [6.07, 6.45) is 0.823. The molecule has 2 aromatic rings. The van der Waals surface area contributed by atoms with Crippen molar-refractivity contribution in [2.45, 2.75) is 19.9 Å². The molecule has 2 aromatic carbocycles. The molecule has 4 nitrogen and oxygen atoms in total. The van der Waals surface area contributed by atoms with Gasteiger partial charge in [0.1, 0.15) is 0 Å². The summed E-state index contributed by atoms with van der Waals surface area (Å²) < 4.78 is 5.19. The second-order valence-electron chi connectivity index (χ2n) is 6.55. The summed E-state index contributed by atoms with van der Waals surface area (Å²) in [7, 11) is 5.73. The number of ether oxygens (including phenoxy) is 1. The van der Waals surface area contributed by atoms with Crippen LogP contribution in [0.3, 0.4) is 0 Å². The van der Waals surface area contributed by atoms with Crippen LogP contribution >= 0.6 is 23.2 Å². The lowest BCUT2D eigenvalue weighted by molar-refractivity contribution is 0.196. The predicted molar refractivity (Wildman–Crippen MR) is 111 cm³/mol. The van der Waals surface area contributed by atoms with Crippen LogP contribution in [0.4, 0.5) is 11.4 Å². The number of phenolic OH excluding ortho intramolecular Hbond substituents is 1. The van der Waals surface area contributed by atoms with Gasteiger partial charge in [0.15, 0.2) is 5.75 Å². The van der Waals surface area contributed by atoms with Gasteiger partial charge in [0.25, 0.3) is 0 Å². The lowest BCUT2D eigenvalue weighted by atomic mass is 10.1. The van der Waals surface area contributed by atoms with Crippen molar-refractivity contribution in [2.24, 2.45) is 0 Å². The highest BCUT2D eigenvalue weighted by atomic mass is 35.5. The summed E-state index contributed by atoms with van der Waals surface area (Å²) in [5.41, 5.74) is 4.13. The molecule has 0 saturated carbocycles. The number of rotatable bonds is 8. The van der Waals surface area contributed by atoms with Gasteiger partial charge in [-0.3, -0.25) is 0 Å². The Bertz CT molecular complexity index is 751. The lowest BCUT2D eigenvalue weighted by Crippen LogP contribution is -2.26. The fourth-order valence-electron chi connectivity index (χ4n) is 2.96. The van der Waals surface area contributed by atoms with Crippen molar-refractivity contribution in [3.8, 4) is 5.75 Å². The third-order valence-electron chi connectivity index (χ3n) is 4.20. The van der Waals surface area contributed by atoms with E-state index in [1.807, 2.05) is 14.1 Å². The molecular weight excluding hydrogens is 371 g/mol. The van der Waals surface area contributed by atoms with Crippen molar-refractivity contribution >= 4 is 34.6 Å². The van der Waals surface area contributed by atoms with Crippen molar-refractivity contribution in [1.29, 1.82) is 0 Å². The minimum atomic E-state index is 0.0486. The Balaban J connectivity index is 2.42. The molecule has 6 heteroatoms. The molecule has 26 heavy (non-hydrogen) atoms. The van der Waals surface area contributed by atoms with E-state index in [1.54, 1.807) is 19.2 Å². The molecule has 0 radical (unpaired) electrons. The van der Waals surface area contributed by atoms with E-state index in [1.165, 1.54) is 11.1 Å². The number of phenols is 1. The van der Waals surface area contributed by atoms with Crippen molar-refractivity contribution in [1.82, 2.24) is 0 Å². The summed E-state index contributed by atoms with van der Waals surface area (Å²) >= 11 is 12.3. The quantitative estimate of drug-likeness (QED) is 0.628. The Labute approximate surface area is 165 Å². The van der Waals surface area contributed by atoms with E-state index >= 15 is 0 Å². The predicted octanol–water partition coefficient (Wildman–Crippen LogP) is 5.12. The van der Waals surface area contributed by atoms with Gasteiger partial charge in [0.2, 0.25) is 0 Å². The molecule has 1 N–H and O–H groups in total. The van der Waals surface area contributed by atoms with Crippen LogP contribution in [0, 0.1) is 6.92 Å². The molecule has 0 aliphatic carbocycles. The van der Waals surface area contributed by atoms with Crippen molar-refractivity contribution < 1.29 is 9.84 Å². The summed E-state index contributed by atoms with van der Waals surface area (Å²) in [4.78, 5) is 4.18. The van der Waals surface area contributed by atoms with Gasteiger partial charge in [0.05, 0.1) is 10.7 Å². The monoisotopic (exact) mass is 396 g/mol. The summed E-state index contributed by atoms with van der Waals surface area (Å²) in [5, 5.41) is 11.2. The Kier molecular flexibility index (Phi) is 7.44. The molecule has 0 bridgehead atoms. The second kappa shape index (κ2) is 9.36. The molecule has 0 atom stereocenters. The number of nitrogens with zero attached hydrogens (tertiary/aromatic N) is 2. The number of benzene rings is 2. The normalized spacial score (nSPS) is 10.8. The molecule has 0 aliphatic rings. The summed E-state index contributed by atoms with van der Waals surface area (Å²) in [6, 6.07) is 9.68. The Hall–Kier alpha value is -1.62. The number of aromatic hydroxyl groups is 1. The molecule has 0 heterocycles. The largest absolute Gasteiger partial charge is 0.504 e. The van der Waals surface area contributed by atoms with Crippen LogP contribution in [0.1, 0.15) is 17.5 Å². The van der Waals surface area contributed by atoms with E-state index in [4.69, 9.17) is 27.9 Å². The number of methoxy groups -OCH3 is 1. The summed E-state index contributed by atoms with van der Waals surface area (Å²) in [5.74, 6) is 0.0486. The maximum Gasteiger partial charge on any atom is 0.157 e. The zero-order valence-electron chi connectivity index (χ0n) is 15.7. The Morgan fingerprint density at radius 3 is 2.46 bits per heavy atom. The topological polar surface area (TPSA) is 35.9 Å². The van der Waals surface area contributed by atoms with Crippen LogP contribution in [-0.2, 0) is 11.3 Å². The number of hydrogen-bond donors (Lipinski definition) is 1. The molecule has 0 saturated heterocycles. The van der Waals surface area contributed by atoms with Crippen LogP contribution in [0.5, 0.6) is 5.75 Å². The fraction of sp³-hybridized carbons (Fsp3) is 0.400. The van der Waals surface area contributed by atoms with Crippen molar-refractivity contribution in [3.63, 3.8) is 0 Å². The van der Waals surface area contributed by atoms with Crippen LogP contribution in [0.2, 0.25) is 10.0 Å². The number of aryl methyl sites for hydroxylation is 1. The molecule has 0 amide bonds. The number of hydrogen-bond acceptors (Lipinski definition) is 4. The van der Waals surface area contributed by atoms with Crippen LogP contribution in [-0.4, -0.2) is 39.5 Å². The van der Waals surface area contributed by atoms with Crippen LogP contribution in [0.15, 0.2) is 30.3 Å². The highest BCUT2D eigenvalue weighted by molar-refractivity contribution is 6.36. The first-order valence-corrected chi connectivity index (χ1v) is 9.27. The van der Waals surface area contributed by atoms with Gasteiger partial charge < -0.3 is 19.6 Å². The lowest BCUT2D eigenvalue weighted by Gasteiger charge is -2.28. The average Bonchev–Trinajstić information content (AvgIpc) is 2.57. The van der Waals surface area contributed by atoms with Gasteiger partial charge in [-0.05, 0) is 37.1 Å². The molecule has 0 spiro atoms. The van der Waals surface area contributed by atoms with Gasteiger partial charge in [0, 0.05) is 51.6 Å². The zero-order valence-corrected chi connectivity index (χ0v) is 17.2. The van der Waals surface area contributed by atoms with Crippen molar-refractivity contribution in [3.05, 3.63) is 51.5 Å². The second-order valence-corrected chi connectivity index (χ2v) is 7.39. The molecule has 142 valence electrons. The van der Waals surface area contributed by atoms with Gasteiger partial charge in [-0.2, -0.15) is 0 Å². The van der Waals surface area contributed by atoms with E-state index in [-0.39, 0.29) is 10.8 Å². The van der Waals surface area contributed by atoms with Crippen LogP contribution < -0.4 is 9.80 Å². The smallest absolute Gasteiger partial charge is 0.157 e.